The highest BCUT2D eigenvalue weighted by atomic mass is 35.5. The highest BCUT2D eigenvalue weighted by Gasteiger charge is 2.44. The van der Waals surface area contributed by atoms with E-state index in [9.17, 15) is 27.2 Å². The first-order valence-corrected chi connectivity index (χ1v) is 8.88. The van der Waals surface area contributed by atoms with Gasteiger partial charge in [-0.05, 0) is 50.3 Å². The minimum absolute atomic E-state index is 0.252. The van der Waals surface area contributed by atoms with Crippen molar-refractivity contribution in [3.05, 3.63) is 29.0 Å². The summed E-state index contributed by atoms with van der Waals surface area (Å²) >= 11 is 5.52. The number of alkyl halides is 3. The van der Waals surface area contributed by atoms with Crippen LogP contribution in [-0.2, 0) is 14.3 Å². The molecule has 1 aliphatic carbocycles. The maximum atomic E-state index is 13.5. The van der Waals surface area contributed by atoms with Crippen LogP contribution in [0.2, 0.25) is 5.02 Å². The standard InChI is InChI=1S/C17H19ClF4N2O4/c18-12-6-5-11(7-13(12)19)27-15(28-16(26)17(20,21)22)14(25)24-10-3-1-9(8-23)2-4-10/h5-7,9-10,15H,1-4,8,23H2,(H,24,25). The van der Waals surface area contributed by atoms with Crippen LogP contribution in [0.15, 0.2) is 18.2 Å². The van der Waals surface area contributed by atoms with Gasteiger partial charge < -0.3 is 20.5 Å². The van der Waals surface area contributed by atoms with Crippen LogP contribution in [-0.4, -0.2) is 36.9 Å². The largest absolute Gasteiger partial charge is 0.491 e. The van der Waals surface area contributed by atoms with Gasteiger partial charge in [0.15, 0.2) is 0 Å². The molecule has 156 valence electrons. The normalized spacial score (nSPS) is 20.9. The molecular formula is C17H19ClF4N2O4. The van der Waals surface area contributed by atoms with E-state index in [0.717, 1.165) is 31.0 Å². The van der Waals surface area contributed by atoms with E-state index < -0.39 is 30.2 Å². The first-order valence-electron chi connectivity index (χ1n) is 8.50. The summed E-state index contributed by atoms with van der Waals surface area (Å²) in [6, 6.07) is 2.64. The van der Waals surface area contributed by atoms with Crippen LogP contribution in [0, 0.1) is 11.7 Å². The minimum Gasteiger partial charge on any atom is -0.446 e. The van der Waals surface area contributed by atoms with E-state index in [0.29, 0.717) is 25.3 Å². The average Bonchev–Trinajstić information content (AvgIpc) is 2.64. The van der Waals surface area contributed by atoms with Gasteiger partial charge in [-0.2, -0.15) is 13.2 Å². The number of carbonyl (C=O) groups excluding carboxylic acids is 2. The van der Waals surface area contributed by atoms with Gasteiger partial charge in [0.1, 0.15) is 11.6 Å². The summed E-state index contributed by atoms with van der Waals surface area (Å²) < 4.78 is 60.2. The molecule has 1 aromatic rings. The number of amides is 1. The van der Waals surface area contributed by atoms with Crippen LogP contribution < -0.4 is 15.8 Å². The molecule has 0 saturated heterocycles. The summed E-state index contributed by atoms with van der Waals surface area (Å²) in [5.74, 6) is -4.61. The molecule has 3 N–H and O–H groups in total. The minimum atomic E-state index is -5.33. The number of ether oxygens (including phenoxy) is 2. The van der Waals surface area contributed by atoms with E-state index in [1.165, 1.54) is 0 Å². The SMILES string of the molecule is NCC1CCC(NC(=O)C(OC(=O)C(F)(F)F)Oc2ccc(Cl)c(F)c2)CC1. The maximum Gasteiger partial charge on any atom is 0.491 e. The van der Waals surface area contributed by atoms with Gasteiger partial charge >= 0.3 is 24.3 Å². The molecule has 0 heterocycles. The molecule has 1 unspecified atom stereocenters. The average molecular weight is 427 g/mol. The van der Waals surface area contributed by atoms with Crippen molar-refractivity contribution in [3.63, 3.8) is 0 Å². The number of esters is 1. The van der Waals surface area contributed by atoms with E-state index in [2.05, 4.69) is 10.1 Å². The van der Waals surface area contributed by atoms with Gasteiger partial charge in [-0.1, -0.05) is 11.6 Å². The van der Waals surface area contributed by atoms with Crippen molar-refractivity contribution in [3.8, 4) is 5.75 Å². The molecule has 1 aromatic carbocycles. The molecule has 11 heteroatoms. The predicted molar refractivity (Wildman–Crippen MR) is 90.9 cm³/mol. The third-order valence-electron chi connectivity index (χ3n) is 4.32. The van der Waals surface area contributed by atoms with E-state index in [1.54, 1.807) is 0 Å². The fraction of sp³-hybridized carbons (Fsp3) is 0.529. The van der Waals surface area contributed by atoms with Gasteiger partial charge in [-0.3, -0.25) is 4.79 Å². The van der Waals surface area contributed by atoms with Crippen LogP contribution >= 0.6 is 11.6 Å². The van der Waals surface area contributed by atoms with E-state index in [-0.39, 0.29) is 16.8 Å². The summed E-state index contributed by atoms with van der Waals surface area (Å²) in [7, 11) is 0. The second-order valence-electron chi connectivity index (χ2n) is 6.39. The number of halogens is 5. The van der Waals surface area contributed by atoms with Crippen molar-refractivity contribution in [2.24, 2.45) is 11.7 Å². The van der Waals surface area contributed by atoms with Crippen LogP contribution in [0.4, 0.5) is 17.6 Å². The van der Waals surface area contributed by atoms with Crippen LogP contribution in [0.25, 0.3) is 0 Å². The quantitative estimate of drug-likeness (QED) is 0.414. The van der Waals surface area contributed by atoms with Crippen molar-refractivity contribution in [1.82, 2.24) is 5.32 Å². The summed E-state index contributed by atoms with van der Waals surface area (Å²) in [5.41, 5.74) is 5.59. The lowest BCUT2D eigenvalue weighted by Crippen LogP contribution is -2.48. The predicted octanol–water partition coefficient (Wildman–Crippen LogP) is 2.92. The third-order valence-corrected chi connectivity index (χ3v) is 4.63. The van der Waals surface area contributed by atoms with Crippen molar-refractivity contribution in [1.29, 1.82) is 0 Å². The Labute approximate surface area is 163 Å². The van der Waals surface area contributed by atoms with Crippen molar-refractivity contribution in [2.75, 3.05) is 6.54 Å². The first kappa shape index (κ1) is 22.2. The highest BCUT2D eigenvalue weighted by Crippen LogP contribution is 2.25. The zero-order valence-corrected chi connectivity index (χ0v) is 15.4. The van der Waals surface area contributed by atoms with Crippen molar-refractivity contribution >= 4 is 23.5 Å². The Morgan fingerprint density at radius 3 is 2.43 bits per heavy atom. The summed E-state index contributed by atoms with van der Waals surface area (Å²) in [4.78, 5) is 23.5. The van der Waals surface area contributed by atoms with E-state index >= 15 is 0 Å². The molecule has 1 saturated carbocycles. The Kier molecular flexibility index (Phi) is 7.48. The highest BCUT2D eigenvalue weighted by molar-refractivity contribution is 6.30. The smallest absolute Gasteiger partial charge is 0.446 e. The Morgan fingerprint density at radius 2 is 1.89 bits per heavy atom. The lowest BCUT2D eigenvalue weighted by molar-refractivity contribution is -0.216. The van der Waals surface area contributed by atoms with Gasteiger partial charge in [0.25, 0.3) is 0 Å². The van der Waals surface area contributed by atoms with Crippen LogP contribution in [0.5, 0.6) is 5.75 Å². The topological polar surface area (TPSA) is 90.6 Å². The summed E-state index contributed by atoms with van der Waals surface area (Å²) in [6.07, 6.45) is -4.93. The molecule has 1 aliphatic rings. The van der Waals surface area contributed by atoms with Gasteiger partial charge in [0.2, 0.25) is 0 Å². The molecule has 0 aliphatic heterocycles. The molecule has 6 nitrogen and oxygen atoms in total. The maximum absolute atomic E-state index is 13.5. The van der Waals surface area contributed by atoms with E-state index in [4.69, 9.17) is 22.1 Å². The molecule has 0 aromatic heterocycles. The fourth-order valence-corrected chi connectivity index (χ4v) is 2.90. The Morgan fingerprint density at radius 1 is 1.25 bits per heavy atom. The molecule has 1 atom stereocenters. The number of carbonyl (C=O) groups is 2. The molecule has 0 bridgehead atoms. The molecular weight excluding hydrogens is 408 g/mol. The number of hydrogen-bond acceptors (Lipinski definition) is 5. The van der Waals surface area contributed by atoms with Crippen LogP contribution in [0.3, 0.4) is 0 Å². The second-order valence-corrected chi connectivity index (χ2v) is 6.80. The monoisotopic (exact) mass is 426 g/mol. The van der Waals surface area contributed by atoms with Crippen molar-refractivity contribution in [2.45, 2.75) is 44.2 Å². The first-order chi connectivity index (χ1) is 13.1. The van der Waals surface area contributed by atoms with Crippen molar-refractivity contribution < 1.29 is 36.6 Å². The third kappa shape index (κ3) is 6.23. The zero-order chi connectivity index (χ0) is 20.9. The lowest BCUT2D eigenvalue weighted by atomic mass is 9.86. The number of nitrogens with two attached hydrogens (primary N) is 1. The second kappa shape index (κ2) is 9.42. The summed E-state index contributed by atoms with van der Waals surface area (Å²) in [6.45, 7) is 0.512. The van der Waals surface area contributed by atoms with Gasteiger partial charge in [0, 0.05) is 12.1 Å². The zero-order valence-electron chi connectivity index (χ0n) is 14.6. The number of hydrogen-bond donors (Lipinski definition) is 2. The molecule has 0 spiro atoms. The number of nitrogens with one attached hydrogen (secondary N) is 1. The molecule has 2 rings (SSSR count). The molecule has 28 heavy (non-hydrogen) atoms. The van der Waals surface area contributed by atoms with Gasteiger partial charge in [-0.25, -0.2) is 9.18 Å². The van der Waals surface area contributed by atoms with E-state index in [1.807, 2.05) is 0 Å². The molecule has 0 radical (unpaired) electrons. The van der Waals surface area contributed by atoms with Gasteiger partial charge in [0.05, 0.1) is 5.02 Å². The number of rotatable bonds is 6. The lowest BCUT2D eigenvalue weighted by Gasteiger charge is -2.29. The number of benzene rings is 1. The molecule has 1 fully saturated rings. The summed E-state index contributed by atoms with van der Waals surface area (Å²) in [5, 5.41) is 2.25. The Hall–Kier alpha value is -2.07. The fourth-order valence-electron chi connectivity index (χ4n) is 2.78. The molecule has 1 amide bonds. The van der Waals surface area contributed by atoms with Gasteiger partial charge in [-0.15, -0.1) is 0 Å². The Bertz CT molecular complexity index is 709. The Balaban J connectivity index is 2.09. The van der Waals surface area contributed by atoms with Crippen LogP contribution in [0.1, 0.15) is 25.7 Å².